The Bertz CT molecular complexity index is 859. The fraction of sp³-hybridized carbons (Fsp3) is 0.500. The first-order valence-corrected chi connectivity index (χ1v) is 9.03. The number of anilines is 1. The molecule has 0 amide bonds. The van der Waals surface area contributed by atoms with Crippen LogP contribution in [0.3, 0.4) is 0 Å². The Kier molecular flexibility index (Phi) is 3.28. The number of halogens is 1. The summed E-state index contributed by atoms with van der Waals surface area (Å²) in [5.41, 5.74) is 5.21. The van der Waals surface area contributed by atoms with Gasteiger partial charge in [0.2, 0.25) is 0 Å². The van der Waals surface area contributed by atoms with Gasteiger partial charge >= 0.3 is 0 Å². The lowest BCUT2D eigenvalue weighted by molar-refractivity contribution is 0.186. The molecule has 0 saturated heterocycles. The van der Waals surface area contributed by atoms with Crippen molar-refractivity contribution in [3.05, 3.63) is 40.9 Å². The number of fused-ring (bicyclic) bond motifs is 3. The molecule has 0 N–H and O–H groups in total. The standard InChI is InChI=1S/C20H24ClN3/c1-12-20(8-6-19(3,4)7-9-20)15-11-16-14(10-17(15)24(12)5)18(21)23-13(2)22-16/h10-11H,1,6-9H2,2-5H3. The molecule has 2 aliphatic rings. The maximum Gasteiger partial charge on any atom is 0.140 e. The van der Waals surface area contributed by atoms with Crippen LogP contribution in [0.5, 0.6) is 0 Å². The van der Waals surface area contributed by atoms with Crippen LogP contribution in [-0.2, 0) is 5.41 Å². The predicted molar refractivity (Wildman–Crippen MR) is 101 cm³/mol. The second kappa shape index (κ2) is 4.95. The minimum Gasteiger partial charge on any atom is -0.348 e. The molecule has 1 saturated carbocycles. The topological polar surface area (TPSA) is 29.0 Å². The number of hydrogen-bond acceptors (Lipinski definition) is 3. The third-order valence-electron chi connectivity index (χ3n) is 6.17. The maximum absolute atomic E-state index is 6.37. The van der Waals surface area contributed by atoms with Gasteiger partial charge in [-0.05, 0) is 55.7 Å². The Morgan fingerprint density at radius 2 is 1.79 bits per heavy atom. The number of likely N-dealkylation sites (N-methyl/N-ethyl adjacent to an activating group) is 1. The van der Waals surface area contributed by atoms with Crippen molar-refractivity contribution in [3.63, 3.8) is 0 Å². The summed E-state index contributed by atoms with van der Waals surface area (Å²) in [6.07, 6.45) is 4.75. The van der Waals surface area contributed by atoms with Crippen LogP contribution in [0.4, 0.5) is 5.69 Å². The zero-order valence-electron chi connectivity index (χ0n) is 14.9. The van der Waals surface area contributed by atoms with Gasteiger partial charge in [0, 0.05) is 29.2 Å². The van der Waals surface area contributed by atoms with E-state index in [9.17, 15) is 0 Å². The van der Waals surface area contributed by atoms with Crippen molar-refractivity contribution in [1.29, 1.82) is 0 Å². The van der Waals surface area contributed by atoms with Crippen molar-refractivity contribution < 1.29 is 0 Å². The molecular formula is C20H24ClN3. The molecule has 24 heavy (non-hydrogen) atoms. The van der Waals surface area contributed by atoms with Gasteiger partial charge in [0.05, 0.1) is 5.52 Å². The van der Waals surface area contributed by atoms with Gasteiger partial charge in [-0.1, -0.05) is 32.0 Å². The molecule has 126 valence electrons. The molecule has 1 spiro atoms. The highest BCUT2D eigenvalue weighted by molar-refractivity contribution is 6.34. The zero-order chi connectivity index (χ0) is 17.3. The van der Waals surface area contributed by atoms with Crippen LogP contribution in [0.25, 0.3) is 10.9 Å². The van der Waals surface area contributed by atoms with Gasteiger partial charge in [-0.2, -0.15) is 0 Å². The average molecular weight is 342 g/mol. The Morgan fingerprint density at radius 3 is 2.46 bits per heavy atom. The Morgan fingerprint density at radius 1 is 1.12 bits per heavy atom. The van der Waals surface area contributed by atoms with Gasteiger partial charge in [0.15, 0.2) is 0 Å². The smallest absolute Gasteiger partial charge is 0.140 e. The summed E-state index contributed by atoms with van der Waals surface area (Å²) in [4.78, 5) is 11.2. The molecule has 4 rings (SSSR count). The SMILES string of the molecule is C=C1N(C)c2cc3c(Cl)nc(C)nc3cc2C12CCC(C)(C)CC2. The lowest BCUT2D eigenvalue weighted by atomic mass is 9.62. The number of aromatic nitrogens is 2. The van der Waals surface area contributed by atoms with Crippen LogP contribution < -0.4 is 4.90 Å². The zero-order valence-corrected chi connectivity index (χ0v) is 15.7. The van der Waals surface area contributed by atoms with E-state index in [1.54, 1.807) is 0 Å². The highest BCUT2D eigenvalue weighted by Crippen LogP contribution is 2.57. The molecule has 1 aromatic heterocycles. The third kappa shape index (κ3) is 2.10. The van der Waals surface area contributed by atoms with E-state index in [4.69, 9.17) is 11.6 Å². The van der Waals surface area contributed by atoms with E-state index in [1.807, 2.05) is 6.92 Å². The van der Waals surface area contributed by atoms with Crippen molar-refractivity contribution in [1.82, 2.24) is 9.97 Å². The van der Waals surface area contributed by atoms with Crippen molar-refractivity contribution in [2.45, 2.75) is 51.9 Å². The normalized spacial score (nSPS) is 21.5. The molecule has 4 heteroatoms. The Hall–Kier alpha value is -1.61. The Balaban J connectivity index is 1.93. The largest absolute Gasteiger partial charge is 0.348 e. The summed E-state index contributed by atoms with van der Waals surface area (Å²) in [5.74, 6) is 0.719. The van der Waals surface area contributed by atoms with Crippen LogP contribution in [-0.4, -0.2) is 17.0 Å². The molecule has 1 aromatic carbocycles. The number of allylic oxidation sites excluding steroid dienone is 1. The lowest BCUT2D eigenvalue weighted by Gasteiger charge is -2.42. The minimum atomic E-state index is 0.0547. The van der Waals surface area contributed by atoms with Crippen LogP contribution >= 0.6 is 11.6 Å². The van der Waals surface area contributed by atoms with E-state index >= 15 is 0 Å². The van der Waals surface area contributed by atoms with Gasteiger partial charge in [0.1, 0.15) is 11.0 Å². The molecule has 2 aromatic rings. The van der Waals surface area contributed by atoms with E-state index in [2.05, 4.69) is 54.5 Å². The highest BCUT2D eigenvalue weighted by atomic mass is 35.5. The van der Waals surface area contributed by atoms with Crippen molar-refractivity contribution >= 4 is 28.2 Å². The van der Waals surface area contributed by atoms with Crippen molar-refractivity contribution in [3.8, 4) is 0 Å². The Labute approximate surface area is 148 Å². The monoisotopic (exact) mass is 341 g/mol. The molecule has 1 aliphatic carbocycles. The summed E-state index contributed by atoms with van der Waals surface area (Å²) >= 11 is 6.37. The number of nitrogens with zero attached hydrogens (tertiary/aromatic N) is 3. The first kappa shape index (κ1) is 15.9. The van der Waals surface area contributed by atoms with Crippen molar-refractivity contribution in [2.75, 3.05) is 11.9 Å². The van der Waals surface area contributed by atoms with Gasteiger partial charge in [-0.25, -0.2) is 9.97 Å². The highest BCUT2D eigenvalue weighted by Gasteiger charge is 2.48. The van der Waals surface area contributed by atoms with Gasteiger partial charge in [-0.3, -0.25) is 0 Å². The van der Waals surface area contributed by atoms with Crippen LogP contribution in [0.2, 0.25) is 5.15 Å². The summed E-state index contributed by atoms with van der Waals surface area (Å²) in [5, 5.41) is 1.46. The summed E-state index contributed by atoms with van der Waals surface area (Å²) in [7, 11) is 2.12. The maximum atomic E-state index is 6.37. The summed E-state index contributed by atoms with van der Waals surface area (Å²) in [6, 6.07) is 4.38. The van der Waals surface area contributed by atoms with E-state index in [1.165, 1.54) is 29.8 Å². The molecule has 0 unspecified atom stereocenters. The van der Waals surface area contributed by atoms with E-state index < -0.39 is 0 Å². The molecule has 2 heterocycles. The van der Waals surface area contributed by atoms with Gasteiger partial charge < -0.3 is 4.90 Å². The molecule has 1 fully saturated rings. The average Bonchev–Trinajstić information content (AvgIpc) is 2.71. The summed E-state index contributed by atoms with van der Waals surface area (Å²) in [6.45, 7) is 11.1. The lowest BCUT2D eigenvalue weighted by Crippen LogP contribution is -2.36. The molecule has 0 bridgehead atoms. The predicted octanol–water partition coefficient (Wildman–Crippen LogP) is 5.39. The third-order valence-corrected chi connectivity index (χ3v) is 6.46. The second-order valence-corrected chi connectivity index (χ2v) is 8.56. The first-order valence-electron chi connectivity index (χ1n) is 8.65. The fourth-order valence-corrected chi connectivity index (χ4v) is 4.70. The summed E-state index contributed by atoms with van der Waals surface area (Å²) < 4.78 is 0. The molecular weight excluding hydrogens is 318 g/mol. The van der Waals surface area contributed by atoms with Crippen LogP contribution in [0.15, 0.2) is 24.4 Å². The van der Waals surface area contributed by atoms with Gasteiger partial charge in [0.25, 0.3) is 0 Å². The van der Waals surface area contributed by atoms with Crippen molar-refractivity contribution in [2.24, 2.45) is 5.41 Å². The fourth-order valence-electron chi connectivity index (χ4n) is 4.43. The molecule has 0 radical (unpaired) electrons. The molecule has 1 aliphatic heterocycles. The number of rotatable bonds is 0. The van der Waals surface area contributed by atoms with E-state index in [-0.39, 0.29) is 5.41 Å². The molecule has 0 atom stereocenters. The number of aryl methyl sites for hydroxylation is 1. The van der Waals surface area contributed by atoms with Crippen LogP contribution in [0, 0.1) is 12.3 Å². The second-order valence-electron chi connectivity index (χ2n) is 8.20. The number of hydrogen-bond donors (Lipinski definition) is 0. The number of benzene rings is 1. The van der Waals surface area contributed by atoms with Crippen LogP contribution in [0.1, 0.15) is 50.9 Å². The molecule has 3 nitrogen and oxygen atoms in total. The minimum absolute atomic E-state index is 0.0547. The quantitative estimate of drug-likeness (QED) is 0.601. The van der Waals surface area contributed by atoms with E-state index in [0.29, 0.717) is 10.6 Å². The van der Waals surface area contributed by atoms with E-state index in [0.717, 1.165) is 29.6 Å². The van der Waals surface area contributed by atoms with Gasteiger partial charge in [-0.15, -0.1) is 0 Å². The first-order chi connectivity index (χ1) is 11.2.